The maximum atomic E-state index is 1.50. The second-order valence-corrected chi connectivity index (χ2v) is 15.2. The smallest absolute Gasteiger partial charge is 0.0533 e. The second-order valence-electron chi connectivity index (χ2n) is 15.2. The van der Waals surface area contributed by atoms with Crippen molar-refractivity contribution in [2.75, 3.05) is 0 Å². The average Bonchev–Trinajstić information content (AvgIpc) is 3.02. The van der Waals surface area contributed by atoms with Crippen LogP contribution >= 0.6 is 0 Å². The average molecular weight is 603 g/mol. The van der Waals surface area contributed by atoms with E-state index in [1.54, 1.807) is 0 Å². The molecule has 0 unspecified atom stereocenters. The Labute approximate surface area is 275 Å². The molecule has 0 amide bonds. The van der Waals surface area contributed by atoms with Crippen molar-refractivity contribution in [3.63, 3.8) is 0 Å². The molecular formula is C43H86. The van der Waals surface area contributed by atoms with E-state index in [-0.39, 0.29) is 0 Å². The molecule has 0 heterocycles. The van der Waals surface area contributed by atoms with E-state index in [1.807, 2.05) is 0 Å². The fourth-order valence-corrected chi connectivity index (χ4v) is 7.60. The monoisotopic (exact) mass is 603 g/mol. The van der Waals surface area contributed by atoms with Gasteiger partial charge in [-0.2, -0.15) is 0 Å². The SMILES string of the molecule is C1CCCCCCCCCCCCCCCCCCCCCCCCCCCCCCCCCCCCCCCCCC1. The summed E-state index contributed by atoms with van der Waals surface area (Å²) in [5.74, 6) is 0. The molecule has 0 heteroatoms. The maximum absolute atomic E-state index is 1.50. The minimum Gasteiger partial charge on any atom is -0.0533 e. The second kappa shape index (κ2) is 38.2. The van der Waals surface area contributed by atoms with E-state index in [2.05, 4.69) is 0 Å². The lowest BCUT2D eigenvalue weighted by molar-refractivity contribution is 0.509. The van der Waals surface area contributed by atoms with Gasteiger partial charge in [0.25, 0.3) is 0 Å². The predicted molar refractivity (Wildman–Crippen MR) is 199 cm³/mol. The molecule has 0 atom stereocenters. The predicted octanol–water partition coefficient (Wildman–Crippen LogP) is 16.8. The number of hydrogen-bond donors (Lipinski definition) is 0. The van der Waals surface area contributed by atoms with Gasteiger partial charge in [0.1, 0.15) is 0 Å². The Bertz CT molecular complexity index is 233. The van der Waals surface area contributed by atoms with Crippen LogP contribution in [0.25, 0.3) is 0 Å². The fourth-order valence-electron chi connectivity index (χ4n) is 7.60. The Morgan fingerprint density at radius 3 is 0.0930 bits per heavy atom. The molecule has 258 valence electrons. The van der Waals surface area contributed by atoms with Gasteiger partial charge in [-0.3, -0.25) is 0 Å². The maximum Gasteiger partial charge on any atom is -0.0533 e. The highest BCUT2D eigenvalue weighted by atomic mass is 14.1. The van der Waals surface area contributed by atoms with Crippen LogP contribution in [0.4, 0.5) is 0 Å². The van der Waals surface area contributed by atoms with E-state index >= 15 is 0 Å². The summed E-state index contributed by atoms with van der Waals surface area (Å²) in [7, 11) is 0. The largest absolute Gasteiger partial charge is 0.0533 e. The summed E-state index contributed by atoms with van der Waals surface area (Å²) in [5.41, 5.74) is 0. The van der Waals surface area contributed by atoms with Crippen LogP contribution in [0.15, 0.2) is 0 Å². The van der Waals surface area contributed by atoms with E-state index in [4.69, 9.17) is 0 Å². The van der Waals surface area contributed by atoms with E-state index < -0.39 is 0 Å². The van der Waals surface area contributed by atoms with E-state index in [1.165, 1.54) is 276 Å². The molecule has 0 bridgehead atoms. The molecule has 0 N–H and O–H groups in total. The third-order valence-corrected chi connectivity index (χ3v) is 10.7. The molecule has 0 aromatic heterocycles. The van der Waals surface area contributed by atoms with Gasteiger partial charge >= 0.3 is 0 Å². The highest BCUT2D eigenvalue weighted by Gasteiger charge is 1.99. The molecule has 0 nitrogen and oxygen atoms in total. The molecule has 0 saturated heterocycles. The van der Waals surface area contributed by atoms with Crippen LogP contribution in [0.2, 0.25) is 0 Å². The molecular weight excluding hydrogens is 516 g/mol. The van der Waals surface area contributed by atoms with Gasteiger partial charge in [0.2, 0.25) is 0 Å². The molecule has 0 radical (unpaired) electrons. The Balaban J connectivity index is 2.00. The van der Waals surface area contributed by atoms with E-state index in [9.17, 15) is 0 Å². The van der Waals surface area contributed by atoms with Crippen LogP contribution in [0.5, 0.6) is 0 Å². The summed E-state index contributed by atoms with van der Waals surface area (Å²) in [5, 5.41) is 0. The summed E-state index contributed by atoms with van der Waals surface area (Å²) in [6.45, 7) is 0. The molecule has 0 aliphatic heterocycles. The zero-order valence-electron chi connectivity index (χ0n) is 30.4. The van der Waals surface area contributed by atoms with Crippen LogP contribution in [-0.2, 0) is 0 Å². The summed E-state index contributed by atoms with van der Waals surface area (Å²) < 4.78 is 0. The minimum absolute atomic E-state index is 1.50. The fraction of sp³-hybridized carbons (Fsp3) is 1.00. The summed E-state index contributed by atoms with van der Waals surface area (Å²) in [4.78, 5) is 0. The zero-order chi connectivity index (χ0) is 30.4. The quantitative estimate of drug-likeness (QED) is 0.259. The van der Waals surface area contributed by atoms with Gasteiger partial charge < -0.3 is 0 Å². The Morgan fingerprint density at radius 1 is 0.0465 bits per heavy atom. The Hall–Kier alpha value is 0. The molecule has 1 aliphatic rings. The van der Waals surface area contributed by atoms with Crippen LogP contribution in [0.3, 0.4) is 0 Å². The van der Waals surface area contributed by atoms with Gasteiger partial charge in [-0.25, -0.2) is 0 Å². The molecule has 1 saturated carbocycles. The molecule has 0 aromatic rings. The van der Waals surface area contributed by atoms with E-state index in [0.717, 1.165) is 0 Å². The number of rotatable bonds is 0. The standard InChI is InChI=1S/C43H86/c1-2-4-6-8-10-12-14-16-18-20-22-24-26-28-30-32-34-36-38-40-42-43-41-39-37-35-33-31-29-27-25-23-21-19-17-15-13-11-9-7-5-3-1/h1-43H2. The molecule has 1 fully saturated rings. The Morgan fingerprint density at radius 2 is 0.0698 bits per heavy atom. The van der Waals surface area contributed by atoms with Crippen molar-refractivity contribution < 1.29 is 0 Å². The third kappa shape index (κ3) is 36.3. The highest BCUT2D eigenvalue weighted by molar-refractivity contribution is 4.54. The van der Waals surface area contributed by atoms with Gasteiger partial charge in [0.15, 0.2) is 0 Å². The van der Waals surface area contributed by atoms with Gasteiger partial charge in [0, 0.05) is 0 Å². The zero-order valence-corrected chi connectivity index (χ0v) is 30.4. The van der Waals surface area contributed by atoms with Gasteiger partial charge in [-0.1, -0.05) is 276 Å². The summed E-state index contributed by atoms with van der Waals surface area (Å²) >= 11 is 0. The van der Waals surface area contributed by atoms with Crippen LogP contribution < -0.4 is 0 Å². The van der Waals surface area contributed by atoms with E-state index in [0.29, 0.717) is 0 Å². The lowest BCUT2D eigenvalue weighted by Crippen LogP contribution is -1.85. The lowest BCUT2D eigenvalue weighted by Gasteiger charge is -2.05. The first-order valence-corrected chi connectivity index (χ1v) is 21.5. The van der Waals surface area contributed by atoms with Gasteiger partial charge in [0.05, 0.1) is 0 Å². The topological polar surface area (TPSA) is 0 Å². The normalized spacial score (nSPS) is 24.0. The van der Waals surface area contributed by atoms with Crippen molar-refractivity contribution in [1.82, 2.24) is 0 Å². The van der Waals surface area contributed by atoms with Crippen LogP contribution in [-0.4, -0.2) is 0 Å². The van der Waals surface area contributed by atoms with Crippen molar-refractivity contribution in [3.05, 3.63) is 0 Å². The first kappa shape index (κ1) is 41.0. The van der Waals surface area contributed by atoms with Crippen molar-refractivity contribution >= 4 is 0 Å². The number of hydrogen-bond acceptors (Lipinski definition) is 0. The molecule has 0 spiro atoms. The highest BCUT2D eigenvalue weighted by Crippen LogP contribution is 2.18. The van der Waals surface area contributed by atoms with Crippen molar-refractivity contribution in [3.8, 4) is 0 Å². The van der Waals surface area contributed by atoms with Crippen molar-refractivity contribution in [1.29, 1.82) is 0 Å². The molecule has 43 heavy (non-hydrogen) atoms. The Kier molecular flexibility index (Phi) is 36.4. The van der Waals surface area contributed by atoms with Crippen molar-refractivity contribution in [2.24, 2.45) is 0 Å². The van der Waals surface area contributed by atoms with Gasteiger partial charge in [-0.15, -0.1) is 0 Å². The summed E-state index contributed by atoms with van der Waals surface area (Å²) in [6.07, 6.45) is 64.5. The summed E-state index contributed by atoms with van der Waals surface area (Å²) in [6, 6.07) is 0. The first-order chi connectivity index (χ1) is 21.5. The molecule has 1 rings (SSSR count). The van der Waals surface area contributed by atoms with Crippen molar-refractivity contribution in [2.45, 2.75) is 276 Å². The minimum atomic E-state index is 1.50. The van der Waals surface area contributed by atoms with Crippen LogP contribution in [0, 0.1) is 0 Å². The molecule has 1 aliphatic carbocycles. The third-order valence-electron chi connectivity index (χ3n) is 10.7. The first-order valence-electron chi connectivity index (χ1n) is 21.5. The lowest BCUT2D eigenvalue weighted by atomic mass is 10.0. The van der Waals surface area contributed by atoms with Gasteiger partial charge in [-0.05, 0) is 0 Å². The van der Waals surface area contributed by atoms with Crippen LogP contribution in [0.1, 0.15) is 276 Å². The molecule has 0 aromatic carbocycles.